The van der Waals surface area contributed by atoms with E-state index in [9.17, 15) is 9.90 Å². The number of nitrogens with zero attached hydrogens (tertiary/aromatic N) is 3. The van der Waals surface area contributed by atoms with Crippen molar-refractivity contribution in [2.75, 3.05) is 26.3 Å². The van der Waals surface area contributed by atoms with Gasteiger partial charge in [0.1, 0.15) is 5.65 Å². The molecule has 0 spiro atoms. The lowest BCUT2D eigenvalue weighted by Gasteiger charge is -2.26. The fourth-order valence-electron chi connectivity index (χ4n) is 2.36. The highest BCUT2D eigenvalue weighted by atomic mass is 35.5. The maximum Gasteiger partial charge on any atom is 0.356 e. The Morgan fingerprint density at radius 1 is 1.45 bits per heavy atom. The first kappa shape index (κ1) is 13.4. The Morgan fingerprint density at radius 3 is 2.90 bits per heavy atom. The van der Waals surface area contributed by atoms with Gasteiger partial charge in [0, 0.05) is 36.9 Å². The van der Waals surface area contributed by atoms with E-state index in [1.54, 1.807) is 22.7 Å². The second-order valence-corrected chi connectivity index (χ2v) is 5.11. The Kier molecular flexibility index (Phi) is 3.60. The van der Waals surface area contributed by atoms with Gasteiger partial charge in [-0.2, -0.15) is 0 Å². The van der Waals surface area contributed by atoms with Crippen molar-refractivity contribution in [1.82, 2.24) is 14.3 Å². The minimum absolute atomic E-state index is 0.0822. The molecule has 3 heterocycles. The summed E-state index contributed by atoms with van der Waals surface area (Å²) in [6.45, 7) is 3.46. The van der Waals surface area contributed by atoms with Crippen molar-refractivity contribution >= 4 is 23.2 Å². The average molecular weight is 296 g/mol. The zero-order chi connectivity index (χ0) is 14.1. The van der Waals surface area contributed by atoms with Gasteiger partial charge >= 0.3 is 5.97 Å². The second-order valence-electron chi connectivity index (χ2n) is 4.67. The Labute approximate surface area is 120 Å². The number of hydrogen-bond acceptors (Lipinski definition) is 4. The van der Waals surface area contributed by atoms with Gasteiger partial charge in [-0.25, -0.2) is 9.78 Å². The Bertz CT molecular complexity index is 650. The first-order valence-corrected chi connectivity index (χ1v) is 6.73. The predicted molar refractivity (Wildman–Crippen MR) is 73.3 cm³/mol. The Hall–Kier alpha value is -1.63. The van der Waals surface area contributed by atoms with Gasteiger partial charge in [0.2, 0.25) is 0 Å². The topological polar surface area (TPSA) is 67.1 Å². The highest BCUT2D eigenvalue weighted by Gasteiger charge is 2.21. The van der Waals surface area contributed by atoms with Crippen LogP contribution in [0.4, 0.5) is 0 Å². The summed E-state index contributed by atoms with van der Waals surface area (Å²) in [5, 5.41) is 9.85. The monoisotopic (exact) mass is 295 g/mol. The molecular formula is C13H14ClN3O3. The fourth-order valence-corrected chi connectivity index (χ4v) is 2.52. The molecule has 0 saturated carbocycles. The average Bonchev–Trinajstić information content (AvgIpc) is 2.78. The number of ether oxygens (including phenoxy) is 1. The van der Waals surface area contributed by atoms with Crippen LogP contribution >= 0.6 is 11.6 Å². The van der Waals surface area contributed by atoms with Crippen LogP contribution in [-0.4, -0.2) is 51.7 Å². The molecule has 1 fully saturated rings. The smallest absolute Gasteiger partial charge is 0.356 e. The lowest BCUT2D eigenvalue weighted by Crippen LogP contribution is -2.36. The third-order valence-corrected chi connectivity index (χ3v) is 3.60. The van der Waals surface area contributed by atoms with E-state index >= 15 is 0 Å². The second kappa shape index (κ2) is 5.40. The lowest BCUT2D eigenvalue weighted by atomic mass is 10.3. The van der Waals surface area contributed by atoms with E-state index in [0.29, 0.717) is 36.1 Å². The van der Waals surface area contributed by atoms with Crippen LogP contribution in [0.5, 0.6) is 0 Å². The summed E-state index contributed by atoms with van der Waals surface area (Å²) in [6, 6.07) is 3.39. The minimum Gasteiger partial charge on any atom is -0.476 e. The maximum absolute atomic E-state index is 11.4. The molecule has 7 heteroatoms. The molecule has 0 unspecified atom stereocenters. The van der Waals surface area contributed by atoms with E-state index in [1.165, 1.54) is 0 Å². The highest BCUT2D eigenvalue weighted by molar-refractivity contribution is 6.30. The molecule has 0 amide bonds. The van der Waals surface area contributed by atoms with Crippen molar-refractivity contribution in [1.29, 1.82) is 0 Å². The highest BCUT2D eigenvalue weighted by Crippen LogP contribution is 2.19. The summed E-state index contributed by atoms with van der Waals surface area (Å²) >= 11 is 5.92. The fraction of sp³-hybridized carbons (Fsp3) is 0.385. The number of imidazole rings is 1. The number of aromatic nitrogens is 2. The van der Waals surface area contributed by atoms with Gasteiger partial charge in [0.25, 0.3) is 0 Å². The zero-order valence-corrected chi connectivity index (χ0v) is 11.5. The standard InChI is InChI=1S/C13H14ClN3O3/c14-9-1-2-17-10(8-16-3-5-20-6-4-16)12(13(18)19)15-11(17)7-9/h1-2,7H,3-6,8H2,(H,18,19). The summed E-state index contributed by atoms with van der Waals surface area (Å²) in [4.78, 5) is 17.7. The van der Waals surface area contributed by atoms with E-state index in [1.807, 2.05) is 0 Å². The number of carboxylic acids is 1. The number of hydrogen-bond donors (Lipinski definition) is 1. The Balaban J connectivity index is 2.01. The van der Waals surface area contributed by atoms with Gasteiger partial charge < -0.3 is 14.2 Å². The lowest BCUT2D eigenvalue weighted by molar-refractivity contribution is 0.0332. The molecule has 0 atom stereocenters. The first-order chi connectivity index (χ1) is 9.65. The third-order valence-electron chi connectivity index (χ3n) is 3.37. The molecule has 2 aromatic heterocycles. The van der Waals surface area contributed by atoms with Crippen LogP contribution in [0.15, 0.2) is 18.3 Å². The first-order valence-electron chi connectivity index (χ1n) is 6.35. The SMILES string of the molecule is O=C(O)c1nc2cc(Cl)ccn2c1CN1CCOCC1. The molecule has 2 aromatic rings. The summed E-state index contributed by atoms with van der Waals surface area (Å²) in [5.41, 5.74) is 1.31. The largest absolute Gasteiger partial charge is 0.476 e. The van der Waals surface area contributed by atoms with Gasteiger partial charge in [-0.15, -0.1) is 0 Å². The quantitative estimate of drug-likeness (QED) is 0.930. The number of carbonyl (C=O) groups is 1. The normalized spacial score (nSPS) is 16.6. The van der Waals surface area contributed by atoms with Crippen molar-refractivity contribution < 1.29 is 14.6 Å². The molecule has 0 bridgehead atoms. The van der Waals surface area contributed by atoms with Crippen molar-refractivity contribution in [3.63, 3.8) is 0 Å². The molecular weight excluding hydrogens is 282 g/mol. The van der Waals surface area contributed by atoms with Gasteiger partial charge in [0.15, 0.2) is 5.69 Å². The van der Waals surface area contributed by atoms with E-state index < -0.39 is 5.97 Å². The molecule has 3 rings (SSSR count). The van der Waals surface area contributed by atoms with E-state index in [-0.39, 0.29) is 5.69 Å². The minimum atomic E-state index is -1.02. The summed E-state index contributed by atoms with van der Waals surface area (Å²) in [7, 11) is 0. The number of pyridine rings is 1. The number of aromatic carboxylic acids is 1. The van der Waals surface area contributed by atoms with Crippen LogP contribution in [0, 0.1) is 0 Å². The van der Waals surface area contributed by atoms with Gasteiger partial charge in [-0.1, -0.05) is 11.6 Å². The molecule has 6 nitrogen and oxygen atoms in total. The number of carboxylic acid groups (broad SMARTS) is 1. The van der Waals surface area contributed by atoms with Crippen LogP contribution in [0.2, 0.25) is 5.02 Å². The molecule has 1 aliphatic heterocycles. The van der Waals surface area contributed by atoms with Crippen molar-refractivity contribution in [2.45, 2.75) is 6.54 Å². The molecule has 0 aliphatic carbocycles. The number of fused-ring (bicyclic) bond motifs is 1. The van der Waals surface area contributed by atoms with Crippen LogP contribution in [0.1, 0.15) is 16.2 Å². The Morgan fingerprint density at radius 2 is 2.20 bits per heavy atom. The summed E-state index contributed by atoms with van der Waals surface area (Å²) in [6.07, 6.45) is 1.76. The molecule has 1 aliphatic rings. The molecule has 1 saturated heterocycles. The van der Waals surface area contributed by atoms with E-state index in [0.717, 1.165) is 13.1 Å². The van der Waals surface area contributed by atoms with Crippen molar-refractivity contribution in [3.8, 4) is 0 Å². The molecule has 20 heavy (non-hydrogen) atoms. The number of morpholine rings is 1. The summed E-state index contributed by atoms with van der Waals surface area (Å²) in [5.74, 6) is -1.02. The van der Waals surface area contributed by atoms with Gasteiger partial charge in [-0.3, -0.25) is 4.90 Å². The predicted octanol–water partition coefficient (Wildman–Crippen LogP) is 1.52. The summed E-state index contributed by atoms with van der Waals surface area (Å²) < 4.78 is 7.08. The van der Waals surface area contributed by atoms with Crippen LogP contribution in [-0.2, 0) is 11.3 Å². The van der Waals surface area contributed by atoms with E-state index in [4.69, 9.17) is 16.3 Å². The van der Waals surface area contributed by atoms with Crippen LogP contribution in [0.25, 0.3) is 5.65 Å². The molecule has 1 N–H and O–H groups in total. The van der Waals surface area contributed by atoms with Gasteiger partial charge in [-0.05, 0) is 6.07 Å². The molecule has 106 valence electrons. The van der Waals surface area contributed by atoms with E-state index in [2.05, 4.69) is 9.88 Å². The van der Waals surface area contributed by atoms with Gasteiger partial charge in [0.05, 0.1) is 18.9 Å². The zero-order valence-electron chi connectivity index (χ0n) is 10.8. The van der Waals surface area contributed by atoms with Crippen LogP contribution in [0.3, 0.4) is 0 Å². The number of halogens is 1. The maximum atomic E-state index is 11.4. The number of rotatable bonds is 3. The van der Waals surface area contributed by atoms with Crippen molar-refractivity contribution in [3.05, 3.63) is 34.7 Å². The van der Waals surface area contributed by atoms with Crippen LogP contribution < -0.4 is 0 Å². The molecule has 0 aromatic carbocycles. The molecule has 0 radical (unpaired) electrons. The van der Waals surface area contributed by atoms with Crippen molar-refractivity contribution in [2.24, 2.45) is 0 Å². The third kappa shape index (κ3) is 2.49.